The number of hydrogen-bond donors (Lipinski definition) is 2. The Labute approximate surface area is 133 Å². The Balaban J connectivity index is 1.82. The van der Waals surface area contributed by atoms with Gasteiger partial charge in [0.25, 0.3) is 0 Å². The minimum atomic E-state index is -0.228. The number of carbonyl (C=O) groups excluding carboxylic acids is 1. The first kappa shape index (κ1) is 16.1. The maximum absolute atomic E-state index is 11.7. The molecule has 1 fully saturated rings. The number of nitrogens with zero attached hydrogens (tertiary/aromatic N) is 2. The van der Waals surface area contributed by atoms with Crippen LogP contribution in [0.3, 0.4) is 0 Å². The van der Waals surface area contributed by atoms with Crippen LogP contribution >= 0.6 is 23.1 Å². The highest BCUT2D eigenvalue weighted by Gasteiger charge is 2.18. The molecule has 1 aromatic heterocycles. The summed E-state index contributed by atoms with van der Waals surface area (Å²) in [4.78, 5) is 11.7. The Bertz CT molecular complexity index is 505. The number of hydrogen-bond acceptors (Lipinski definition) is 6. The standard InChI is InChI=1S/C14H20N4OS2/c1-3-9-15-12(19)10(2)20-14-18-17-13(21-14)16-11-7-5-4-6-8-11/h1,10-11H,4-9H2,2H3,(H,15,19)(H,16,17). The molecule has 0 bridgehead atoms. The van der Waals surface area contributed by atoms with Crippen LogP contribution in [0.5, 0.6) is 0 Å². The van der Waals surface area contributed by atoms with Crippen molar-refractivity contribution in [2.24, 2.45) is 0 Å². The van der Waals surface area contributed by atoms with Crippen LogP contribution in [0.15, 0.2) is 4.34 Å². The lowest BCUT2D eigenvalue weighted by atomic mass is 9.96. The number of nitrogens with one attached hydrogen (secondary N) is 2. The van der Waals surface area contributed by atoms with Gasteiger partial charge in [-0.15, -0.1) is 16.6 Å². The fourth-order valence-electron chi connectivity index (χ4n) is 2.22. The van der Waals surface area contributed by atoms with Crippen molar-refractivity contribution in [2.75, 3.05) is 11.9 Å². The fourth-order valence-corrected chi connectivity index (χ4v) is 4.22. The summed E-state index contributed by atoms with van der Waals surface area (Å²) in [5.41, 5.74) is 0. The van der Waals surface area contributed by atoms with Crippen molar-refractivity contribution in [3.63, 3.8) is 0 Å². The van der Waals surface area contributed by atoms with Crippen LogP contribution < -0.4 is 10.6 Å². The van der Waals surface area contributed by atoms with Crippen LogP contribution in [-0.4, -0.2) is 33.9 Å². The second-order valence-corrected chi connectivity index (χ2v) is 7.60. The molecule has 0 aromatic carbocycles. The number of amides is 1. The quantitative estimate of drug-likeness (QED) is 0.622. The zero-order valence-corrected chi connectivity index (χ0v) is 13.7. The molecular formula is C14H20N4OS2. The second-order valence-electron chi connectivity index (χ2n) is 5.03. The van der Waals surface area contributed by atoms with E-state index in [4.69, 9.17) is 6.42 Å². The van der Waals surface area contributed by atoms with Crippen molar-refractivity contribution in [1.29, 1.82) is 0 Å². The van der Waals surface area contributed by atoms with E-state index in [0.29, 0.717) is 6.04 Å². The summed E-state index contributed by atoms with van der Waals surface area (Å²) in [5.74, 6) is 2.32. The van der Waals surface area contributed by atoms with Gasteiger partial charge < -0.3 is 10.6 Å². The first-order valence-corrected chi connectivity index (χ1v) is 8.86. The number of terminal acetylenes is 1. The first-order chi connectivity index (χ1) is 10.2. The molecule has 0 aliphatic heterocycles. The summed E-state index contributed by atoms with van der Waals surface area (Å²) in [6, 6.07) is 0.515. The largest absolute Gasteiger partial charge is 0.357 e. The number of rotatable bonds is 6. The number of carbonyl (C=O) groups is 1. The summed E-state index contributed by atoms with van der Waals surface area (Å²) in [6.45, 7) is 2.10. The molecule has 0 spiro atoms. The molecule has 5 nitrogen and oxygen atoms in total. The summed E-state index contributed by atoms with van der Waals surface area (Å²) in [6.07, 6.45) is 11.4. The van der Waals surface area contributed by atoms with Crippen LogP contribution in [0.1, 0.15) is 39.0 Å². The Morgan fingerprint density at radius 3 is 2.95 bits per heavy atom. The molecule has 2 N–H and O–H groups in total. The summed E-state index contributed by atoms with van der Waals surface area (Å²) in [7, 11) is 0. The fraction of sp³-hybridized carbons (Fsp3) is 0.643. The molecule has 7 heteroatoms. The van der Waals surface area contributed by atoms with Crippen molar-refractivity contribution in [3.05, 3.63) is 0 Å². The molecule has 21 heavy (non-hydrogen) atoms. The maximum atomic E-state index is 11.7. The lowest BCUT2D eigenvalue weighted by Gasteiger charge is -2.21. The zero-order valence-electron chi connectivity index (χ0n) is 12.1. The topological polar surface area (TPSA) is 66.9 Å². The molecule has 1 unspecified atom stereocenters. The molecule has 1 heterocycles. The predicted molar refractivity (Wildman–Crippen MR) is 87.6 cm³/mol. The van der Waals surface area contributed by atoms with Gasteiger partial charge in [0.1, 0.15) is 0 Å². The van der Waals surface area contributed by atoms with Crippen LogP contribution in [-0.2, 0) is 4.79 Å². The smallest absolute Gasteiger partial charge is 0.234 e. The van der Waals surface area contributed by atoms with E-state index in [1.165, 1.54) is 55.2 Å². The van der Waals surface area contributed by atoms with Crippen molar-refractivity contribution in [3.8, 4) is 12.3 Å². The zero-order chi connectivity index (χ0) is 15.1. The van der Waals surface area contributed by atoms with E-state index in [1.54, 1.807) is 0 Å². The molecule has 1 atom stereocenters. The number of anilines is 1. The highest BCUT2D eigenvalue weighted by molar-refractivity contribution is 8.02. The van der Waals surface area contributed by atoms with E-state index in [9.17, 15) is 4.79 Å². The molecule has 1 aliphatic rings. The van der Waals surface area contributed by atoms with Gasteiger partial charge in [-0.2, -0.15) is 0 Å². The van der Waals surface area contributed by atoms with Crippen LogP contribution in [0.2, 0.25) is 0 Å². The number of thioether (sulfide) groups is 1. The van der Waals surface area contributed by atoms with Crippen LogP contribution in [0.25, 0.3) is 0 Å². The summed E-state index contributed by atoms with van der Waals surface area (Å²) < 4.78 is 0.802. The molecular weight excluding hydrogens is 304 g/mol. The van der Waals surface area contributed by atoms with Crippen LogP contribution in [0, 0.1) is 12.3 Å². The van der Waals surface area contributed by atoms with Gasteiger partial charge in [0.15, 0.2) is 4.34 Å². The lowest BCUT2D eigenvalue weighted by Crippen LogP contribution is -2.30. The minimum absolute atomic E-state index is 0.0741. The average Bonchev–Trinajstić information content (AvgIpc) is 2.92. The van der Waals surface area contributed by atoms with E-state index >= 15 is 0 Å². The van der Waals surface area contributed by atoms with Gasteiger partial charge in [-0.25, -0.2) is 0 Å². The highest BCUT2D eigenvalue weighted by atomic mass is 32.2. The van der Waals surface area contributed by atoms with Crippen molar-refractivity contribution in [1.82, 2.24) is 15.5 Å². The van der Waals surface area contributed by atoms with Gasteiger partial charge in [-0.05, 0) is 19.8 Å². The van der Waals surface area contributed by atoms with Crippen LogP contribution in [0.4, 0.5) is 5.13 Å². The Hall–Kier alpha value is -1.26. The maximum Gasteiger partial charge on any atom is 0.234 e. The van der Waals surface area contributed by atoms with E-state index in [2.05, 4.69) is 26.8 Å². The first-order valence-electron chi connectivity index (χ1n) is 7.17. The molecule has 0 radical (unpaired) electrons. The molecule has 1 amide bonds. The monoisotopic (exact) mass is 324 g/mol. The Morgan fingerprint density at radius 2 is 2.24 bits per heavy atom. The third-order valence-electron chi connectivity index (χ3n) is 3.35. The summed E-state index contributed by atoms with van der Waals surface area (Å²) >= 11 is 2.91. The molecule has 1 saturated carbocycles. The summed E-state index contributed by atoms with van der Waals surface area (Å²) in [5, 5.41) is 15.0. The normalized spacial score (nSPS) is 17.0. The minimum Gasteiger partial charge on any atom is -0.357 e. The average molecular weight is 324 g/mol. The third kappa shape index (κ3) is 5.21. The molecule has 1 aromatic rings. The van der Waals surface area contributed by atoms with Gasteiger partial charge in [0.05, 0.1) is 11.8 Å². The van der Waals surface area contributed by atoms with Gasteiger partial charge in [-0.3, -0.25) is 4.79 Å². The van der Waals surface area contributed by atoms with E-state index in [0.717, 1.165) is 9.47 Å². The second kappa shape index (κ2) is 8.25. The van der Waals surface area contributed by atoms with Crippen molar-refractivity contribution in [2.45, 2.75) is 54.7 Å². The van der Waals surface area contributed by atoms with Gasteiger partial charge in [0.2, 0.25) is 11.0 Å². The Morgan fingerprint density at radius 1 is 1.48 bits per heavy atom. The molecule has 0 saturated heterocycles. The number of aromatic nitrogens is 2. The molecule has 1 aliphatic carbocycles. The molecule has 114 valence electrons. The van der Waals surface area contributed by atoms with Gasteiger partial charge in [-0.1, -0.05) is 48.3 Å². The highest BCUT2D eigenvalue weighted by Crippen LogP contribution is 2.30. The SMILES string of the molecule is C#CCNC(=O)C(C)Sc1nnc(NC2CCCCC2)s1. The van der Waals surface area contributed by atoms with E-state index < -0.39 is 0 Å². The third-order valence-corrected chi connectivity index (χ3v) is 5.39. The van der Waals surface area contributed by atoms with E-state index in [-0.39, 0.29) is 17.7 Å². The van der Waals surface area contributed by atoms with E-state index in [1.807, 2.05) is 6.92 Å². The van der Waals surface area contributed by atoms with Crippen molar-refractivity contribution < 1.29 is 4.79 Å². The van der Waals surface area contributed by atoms with Crippen molar-refractivity contribution >= 4 is 34.1 Å². The Kier molecular flexibility index (Phi) is 6.33. The lowest BCUT2D eigenvalue weighted by molar-refractivity contribution is -0.120. The van der Waals surface area contributed by atoms with Gasteiger partial charge >= 0.3 is 0 Å². The molecule has 2 rings (SSSR count). The predicted octanol–water partition coefficient (Wildman–Crippen LogP) is 2.51. The van der Waals surface area contributed by atoms with Gasteiger partial charge in [0, 0.05) is 6.04 Å².